The fourth-order valence-corrected chi connectivity index (χ4v) is 2.73. The van der Waals surface area contributed by atoms with E-state index in [1.165, 1.54) is 11.8 Å². The largest absolute Gasteiger partial charge is 0.384 e. The summed E-state index contributed by atoms with van der Waals surface area (Å²) < 4.78 is 0.948. The van der Waals surface area contributed by atoms with E-state index in [4.69, 9.17) is 11.1 Å². The molecule has 0 aliphatic rings. The van der Waals surface area contributed by atoms with E-state index in [1.54, 1.807) is 6.20 Å². The molecule has 1 aromatic carbocycles. The maximum atomic E-state index is 7.61. The van der Waals surface area contributed by atoms with Gasteiger partial charge in [0.15, 0.2) is 0 Å². The van der Waals surface area contributed by atoms with Gasteiger partial charge >= 0.3 is 0 Å². The van der Waals surface area contributed by atoms with Crippen molar-refractivity contribution in [1.29, 1.82) is 5.41 Å². The summed E-state index contributed by atoms with van der Waals surface area (Å²) in [6, 6.07) is 9.65. The van der Waals surface area contributed by atoms with Gasteiger partial charge in [-0.15, -0.1) is 0 Å². The molecule has 0 unspecified atom stereocenters. The zero-order chi connectivity index (χ0) is 13.1. The average Bonchev–Trinajstić information content (AvgIpc) is 2.34. The van der Waals surface area contributed by atoms with Crippen LogP contribution < -0.4 is 5.73 Å². The number of halogens is 1. The third-order valence-electron chi connectivity index (χ3n) is 2.41. The van der Waals surface area contributed by atoms with E-state index in [9.17, 15) is 0 Å². The van der Waals surface area contributed by atoms with Gasteiger partial charge in [0, 0.05) is 21.1 Å². The topological polar surface area (TPSA) is 62.8 Å². The first-order chi connectivity index (χ1) is 8.58. The molecule has 0 fully saturated rings. The Labute approximate surface area is 118 Å². The van der Waals surface area contributed by atoms with Gasteiger partial charge in [-0.2, -0.15) is 0 Å². The first kappa shape index (κ1) is 13.1. The third kappa shape index (κ3) is 2.91. The number of hydrogen-bond acceptors (Lipinski definition) is 3. The van der Waals surface area contributed by atoms with Crippen LogP contribution in [0, 0.1) is 12.3 Å². The molecular weight excluding hydrogens is 310 g/mol. The highest BCUT2D eigenvalue weighted by molar-refractivity contribution is 9.10. The fourth-order valence-electron chi connectivity index (χ4n) is 1.53. The van der Waals surface area contributed by atoms with E-state index >= 15 is 0 Å². The highest BCUT2D eigenvalue weighted by Crippen LogP contribution is 2.32. The van der Waals surface area contributed by atoms with Crippen LogP contribution in [0.5, 0.6) is 0 Å². The molecule has 1 heterocycles. The lowest BCUT2D eigenvalue weighted by molar-refractivity contribution is 1.12. The SMILES string of the molecule is Cc1cccc(C(=N)N)c1Sc1ccc(Br)cn1. The van der Waals surface area contributed by atoms with Gasteiger partial charge in [-0.1, -0.05) is 30.0 Å². The Balaban J connectivity index is 2.39. The molecule has 2 rings (SSSR count). The standard InChI is InChI=1S/C13H12BrN3S/c1-8-3-2-4-10(13(15)16)12(8)18-11-6-5-9(14)7-17-11/h2-7H,1H3,(H3,15,16). The third-order valence-corrected chi connectivity index (χ3v) is 4.07. The van der Waals surface area contributed by atoms with Gasteiger partial charge in [0.25, 0.3) is 0 Å². The van der Waals surface area contributed by atoms with E-state index in [0.29, 0.717) is 0 Å². The van der Waals surface area contributed by atoms with Crippen molar-refractivity contribution in [1.82, 2.24) is 4.98 Å². The fraction of sp³-hybridized carbons (Fsp3) is 0.0769. The van der Waals surface area contributed by atoms with Crippen molar-refractivity contribution in [3.63, 3.8) is 0 Å². The number of aryl methyl sites for hydroxylation is 1. The lowest BCUT2D eigenvalue weighted by atomic mass is 10.1. The highest BCUT2D eigenvalue weighted by Gasteiger charge is 2.10. The zero-order valence-corrected chi connectivity index (χ0v) is 12.2. The predicted molar refractivity (Wildman–Crippen MR) is 78.3 cm³/mol. The second-order valence-electron chi connectivity index (χ2n) is 3.78. The molecule has 0 aliphatic carbocycles. The highest BCUT2D eigenvalue weighted by atomic mass is 79.9. The number of benzene rings is 1. The minimum atomic E-state index is 0.0818. The molecule has 5 heteroatoms. The molecule has 3 N–H and O–H groups in total. The Hall–Kier alpha value is -1.33. The van der Waals surface area contributed by atoms with Crippen LogP contribution in [0.4, 0.5) is 0 Å². The summed E-state index contributed by atoms with van der Waals surface area (Å²) >= 11 is 4.88. The van der Waals surface area contributed by atoms with Gasteiger partial charge in [0.1, 0.15) is 10.9 Å². The quantitative estimate of drug-likeness (QED) is 0.670. The van der Waals surface area contributed by atoms with Crippen LogP contribution in [0.3, 0.4) is 0 Å². The summed E-state index contributed by atoms with van der Waals surface area (Å²) in [5, 5.41) is 8.49. The number of nitrogens with one attached hydrogen (secondary N) is 1. The van der Waals surface area contributed by atoms with Crippen LogP contribution in [-0.2, 0) is 0 Å². The Morgan fingerprint density at radius 3 is 2.72 bits per heavy atom. The van der Waals surface area contributed by atoms with Crippen LogP contribution in [-0.4, -0.2) is 10.8 Å². The molecule has 0 bridgehead atoms. The van der Waals surface area contributed by atoms with E-state index in [2.05, 4.69) is 20.9 Å². The van der Waals surface area contributed by atoms with Crippen molar-refractivity contribution < 1.29 is 0 Å². The molecule has 1 aromatic heterocycles. The Bertz CT molecular complexity index is 581. The number of nitrogens with zero attached hydrogens (tertiary/aromatic N) is 1. The van der Waals surface area contributed by atoms with Crippen molar-refractivity contribution in [2.45, 2.75) is 16.8 Å². The molecule has 0 aliphatic heterocycles. The minimum Gasteiger partial charge on any atom is -0.384 e. The summed E-state index contributed by atoms with van der Waals surface area (Å²) in [6.45, 7) is 2.01. The summed E-state index contributed by atoms with van der Waals surface area (Å²) in [6.07, 6.45) is 1.76. The van der Waals surface area contributed by atoms with Crippen LogP contribution in [0.25, 0.3) is 0 Å². The van der Waals surface area contributed by atoms with Crippen LogP contribution >= 0.6 is 27.7 Å². The van der Waals surface area contributed by atoms with Crippen molar-refractivity contribution in [3.8, 4) is 0 Å². The maximum absolute atomic E-state index is 7.61. The molecule has 0 atom stereocenters. The van der Waals surface area contributed by atoms with Gasteiger partial charge in [-0.3, -0.25) is 5.41 Å². The number of amidine groups is 1. The number of pyridine rings is 1. The molecule has 2 aromatic rings. The zero-order valence-electron chi connectivity index (χ0n) is 9.77. The molecule has 0 saturated heterocycles. The molecule has 0 radical (unpaired) electrons. The summed E-state index contributed by atoms with van der Waals surface area (Å²) in [5.74, 6) is 0.0818. The number of rotatable bonds is 3. The second-order valence-corrected chi connectivity index (χ2v) is 5.73. The lowest BCUT2D eigenvalue weighted by Gasteiger charge is -2.10. The number of nitrogens with two attached hydrogens (primary N) is 1. The number of hydrogen-bond donors (Lipinski definition) is 2. The van der Waals surface area contributed by atoms with Gasteiger partial charge < -0.3 is 5.73 Å². The molecule has 18 heavy (non-hydrogen) atoms. The smallest absolute Gasteiger partial charge is 0.123 e. The van der Waals surface area contributed by atoms with Gasteiger partial charge in [-0.25, -0.2) is 4.98 Å². The number of nitrogen functional groups attached to an aromatic ring is 1. The van der Waals surface area contributed by atoms with Crippen molar-refractivity contribution in [2.75, 3.05) is 0 Å². The van der Waals surface area contributed by atoms with E-state index in [0.717, 1.165) is 25.5 Å². The first-order valence-corrected chi connectivity index (χ1v) is 6.92. The van der Waals surface area contributed by atoms with Gasteiger partial charge in [0.05, 0.1) is 0 Å². The predicted octanol–water partition coefficient (Wildman–Crippen LogP) is 3.59. The number of aromatic nitrogens is 1. The van der Waals surface area contributed by atoms with Crippen molar-refractivity contribution >= 4 is 33.5 Å². The molecule has 3 nitrogen and oxygen atoms in total. The second kappa shape index (κ2) is 5.54. The van der Waals surface area contributed by atoms with Crippen LogP contribution in [0.2, 0.25) is 0 Å². The average molecular weight is 322 g/mol. The first-order valence-electron chi connectivity index (χ1n) is 5.31. The van der Waals surface area contributed by atoms with Gasteiger partial charge in [-0.05, 0) is 40.5 Å². The molecule has 92 valence electrons. The van der Waals surface area contributed by atoms with E-state index in [-0.39, 0.29) is 5.84 Å². The van der Waals surface area contributed by atoms with Crippen LogP contribution in [0.1, 0.15) is 11.1 Å². The summed E-state index contributed by atoms with van der Waals surface area (Å²) in [7, 11) is 0. The van der Waals surface area contributed by atoms with Gasteiger partial charge in [0.2, 0.25) is 0 Å². The molecule has 0 spiro atoms. The monoisotopic (exact) mass is 321 g/mol. The molecule has 0 saturated carbocycles. The Kier molecular flexibility index (Phi) is 4.04. The van der Waals surface area contributed by atoms with Crippen molar-refractivity contribution in [2.24, 2.45) is 5.73 Å². The van der Waals surface area contributed by atoms with Crippen molar-refractivity contribution in [3.05, 3.63) is 52.1 Å². The normalized spacial score (nSPS) is 10.3. The molecular formula is C13H12BrN3S. The summed E-state index contributed by atoms with van der Waals surface area (Å²) in [4.78, 5) is 5.31. The Morgan fingerprint density at radius 2 is 2.11 bits per heavy atom. The molecule has 0 amide bonds. The summed E-state index contributed by atoms with van der Waals surface area (Å²) in [5.41, 5.74) is 7.45. The van der Waals surface area contributed by atoms with E-state index < -0.39 is 0 Å². The maximum Gasteiger partial charge on any atom is 0.123 e. The van der Waals surface area contributed by atoms with E-state index in [1.807, 2.05) is 37.3 Å². The Morgan fingerprint density at radius 1 is 1.33 bits per heavy atom. The van der Waals surface area contributed by atoms with Crippen LogP contribution in [0.15, 0.2) is 50.9 Å². The minimum absolute atomic E-state index is 0.0818. The lowest BCUT2D eigenvalue weighted by Crippen LogP contribution is -2.12.